The van der Waals surface area contributed by atoms with Crippen LogP contribution in [0.15, 0.2) is 66.7 Å². The van der Waals surface area contributed by atoms with Crippen molar-refractivity contribution in [2.45, 2.75) is 24.4 Å². The van der Waals surface area contributed by atoms with E-state index in [0.717, 1.165) is 33.8 Å². The first-order valence-corrected chi connectivity index (χ1v) is 11.7. The van der Waals surface area contributed by atoms with Crippen molar-refractivity contribution in [3.05, 3.63) is 101 Å². The number of ether oxygens (including phenoxy) is 1. The Bertz CT molecular complexity index is 1510. The van der Waals surface area contributed by atoms with E-state index in [2.05, 4.69) is 10.3 Å². The third-order valence-corrected chi connectivity index (χ3v) is 7.37. The summed E-state index contributed by atoms with van der Waals surface area (Å²) in [6.45, 7) is 0.406. The maximum Gasteiger partial charge on any atom is 0.354 e. The van der Waals surface area contributed by atoms with Gasteiger partial charge in [-0.25, -0.2) is 13.6 Å². The van der Waals surface area contributed by atoms with E-state index in [1.165, 1.54) is 19.2 Å². The van der Waals surface area contributed by atoms with Crippen LogP contribution >= 0.6 is 0 Å². The molecule has 3 heterocycles. The molecular weight excluding hydrogens is 464 g/mol. The first-order valence-electron chi connectivity index (χ1n) is 11.7. The molecule has 2 N–H and O–H groups in total. The van der Waals surface area contributed by atoms with Crippen LogP contribution in [0.4, 0.5) is 14.5 Å². The summed E-state index contributed by atoms with van der Waals surface area (Å²) >= 11 is 0. The molecule has 0 radical (unpaired) electrons. The topological polar surface area (TPSA) is 74.4 Å². The molecule has 8 heteroatoms. The highest BCUT2D eigenvalue weighted by Gasteiger charge is 2.58. The average molecular weight is 488 g/mol. The van der Waals surface area contributed by atoms with Gasteiger partial charge in [0.05, 0.1) is 18.9 Å². The smallest absolute Gasteiger partial charge is 0.354 e. The molecule has 1 aromatic heterocycles. The lowest BCUT2D eigenvalue weighted by Crippen LogP contribution is -2.47. The molecule has 0 spiro atoms. The molecule has 0 bridgehead atoms. The number of nitrogens with zero attached hydrogens (tertiary/aromatic N) is 1. The molecule has 2 aliphatic heterocycles. The largest absolute Gasteiger partial charge is 0.464 e. The van der Waals surface area contributed by atoms with E-state index in [9.17, 15) is 18.4 Å². The lowest BCUT2D eigenvalue weighted by Gasteiger charge is -2.33. The lowest BCUT2D eigenvalue weighted by atomic mass is 9.72. The molecule has 1 amide bonds. The van der Waals surface area contributed by atoms with Crippen molar-refractivity contribution in [1.82, 2.24) is 9.88 Å². The van der Waals surface area contributed by atoms with Crippen LogP contribution in [0.5, 0.6) is 0 Å². The second-order valence-corrected chi connectivity index (χ2v) is 9.27. The SMILES string of the molecule is COC(=O)c1[nH]c2ccccc2c1[C@]12CCN(C(=O)Cc3cc(F)cc(F)c3)[C@H]1Nc1ccccc12. The molecule has 2 aliphatic rings. The third kappa shape index (κ3) is 3.21. The van der Waals surface area contributed by atoms with E-state index >= 15 is 0 Å². The van der Waals surface area contributed by atoms with Gasteiger partial charge in [-0.15, -0.1) is 0 Å². The number of carbonyl (C=O) groups is 2. The predicted octanol–water partition coefficient (Wildman–Crippen LogP) is 4.75. The number of benzene rings is 3. The van der Waals surface area contributed by atoms with Gasteiger partial charge in [0.15, 0.2) is 0 Å². The van der Waals surface area contributed by atoms with Crippen molar-refractivity contribution in [1.29, 1.82) is 0 Å². The molecule has 36 heavy (non-hydrogen) atoms. The Morgan fingerprint density at radius 3 is 2.56 bits per heavy atom. The van der Waals surface area contributed by atoms with Gasteiger partial charge in [-0.05, 0) is 41.8 Å². The normalized spacial score (nSPS) is 20.2. The van der Waals surface area contributed by atoms with Gasteiger partial charge in [-0.3, -0.25) is 4.79 Å². The van der Waals surface area contributed by atoms with Gasteiger partial charge < -0.3 is 19.9 Å². The number of rotatable bonds is 4. The molecular formula is C28H23F2N3O3. The number of hydrogen-bond donors (Lipinski definition) is 2. The summed E-state index contributed by atoms with van der Waals surface area (Å²) in [5.74, 6) is -2.19. The molecule has 6 rings (SSSR count). The zero-order chi connectivity index (χ0) is 25.0. The number of halogens is 2. The molecule has 6 nitrogen and oxygen atoms in total. The second-order valence-electron chi connectivity index (χ2n) is 9.27. The summed E-state index contributed by atoms with van der Waals surface area (Å²) in [5, 5.41) is 4.38. The summed E-state index contributed by atoms with van der Waals surface area (Å²) < 4.78 is 32.7. The zero-order valence-corrected chi connectivity index (χ0v) is 19.5. The maximum absolute atomic E-state index is 13.8. The van der Waals surface area contributed by atoms with Crippen LogP contribution in [0.25, 0.3) is 10.9 Å². The highest BCUT2D eigenvalue weighted by molar-refractivity contribution is 6.00. The van der Waals surface area contributed by atoms with Crippen molar-refractivity contribution >= 4 is 28.5 Å². The number of aromatic amines is 1. The van der Waals surface area contributed by atoms with E-state index in [1.807, 2.05) is 48.5 Å². The van der Waals surface area contributed by atoms with Crippen molar-refractivity contribution in [2.24, 2.45) is 0 Å². The van der Waals surface area contributed by atoms with E-state index < -0.39 is 29.2 Å². The Balaban J connectivity index is 1.50. The predicted molar refractivity (Wildman–Crippen MR) is 131 cm³/mol. The summed E-state index contributed by atoms with van der Waals surface area (Å²) in [7, 11) is 1.34. The fourth-order valence-electron chi connectivity index (χ4n) is 5.97. The highest BCUT2D eigenvalue weighted by Crippen LogP contribution is 2.55. The van der Waals surface area contributed by atoms with E-state index in [4.69, 9.17) is 4.74 Å². The number of hydrogen-bond acceptors (Lipinski definition) is 4. The van der Waals surface area contributed by atoms with Gasteiger partial charge in [0.2, 0.25) is 5.91 Å². The second kappa shape index (κ2) is 8.19. The quantitative estimate of drug-likeness (QED) is 0.408. The number of anilines is 1. The number of para-hydroxylation sites is 2. The van der Waals surface area contributed by atoms with Gasteiger partial charge in [0.25, 0.3) is 0 Å². The minimum absolute atomic E-state index is 0.142. The molecule has 182 valence electrons. The monoisotopic (exact) mass is 487 g/mol. The summed E-state index contributed by atoms with van der Waals surface area (Å²) in [5.41, 5.74) is 3.32. The number of aromatic nitrogens is 1. The molecule has 2 atom stereocenters. The first kappa shape index (κ1) is 22.3. The Morgan fingerprint density at radius 2 is 1.78 bits per heavy atom. The van der Waals surface area contributed by atoms with Gasteiger partial charge in [0, 0.05) is 34.8 Å². The Morgan fingerprint density at radius 1 is 1.06 bits per heavy atom. The van der Waals surface area contributed by atoms with E-state index in [-0.39, 0.29) is 17.9 Å². The molecule has 0 unspecified atom stereocenters. The maximum atomic E-state index is 13.8. The highest BCUT2D eigenvalue weighted by atomic mass is 19.1. The zero-order valence-electron chi connectivity index (χ0n) is 19.5. The van der Waals surface area contributed by atoms with Gasteiger partial charge in [-0.1, -0.05) is 36.4 Å². The van der Waals surface area contributed by atoms with E-state index in [0.29, 0.717) is 18.7 Å². The number of carbonyl (C=O) groups excluding carboxylic acids is 2. The van der Waals surface area contributed by atoms with Gasteiger partial charge in [0.1, 0.15) is 23.5 Å². The van der Waals surface area contributed by atoms with Crippen LogP contribution in [0, 0.1) is 11.6 Å². The van der Waals surface area contributed by atoms with Gasteiger partial charge in [-0.2, -0.15) is 0 Å². The molecule has 1 fully saturated rings. The van der Waals surface area contributed by atoms with E-state index in [1.54, 1.807) is 4.90 Å². The lowest BCUT2D eigenvalue weighted by molar-refractivity contribution is -0.131. The van der Waals surface area contributed by atoms with Crippen LogP contribution in [0.3, 0.4) is 0 Å². The van der Waals surface area contributed by atoms with Crippen LogP contribution in [0.1, 0.15) is 33.6 Å². The number of fused-ring (bicyclic) bond motifs is 4. The fourth-order valence-corrected chi connectivity index (χ4v) is 5.97. The molecule has 0 saturated carbocycles. The summed E-state index contributed by atoms with van der Waals surface area (Å²) in [6.07, 6.45) is -0.0863. The average Bonchev–Trinajstić information content (AvgIpc) is 3.51. The Kier molecular flexibility index (Phi) is 5.07. The number of likely N-dealkylation sites (tertiary alicyclic amines) is 1. The van der Waals surface area contributed by atoms with Crippen molar-refractivity contribution in [3.63, 3.8) is 0 Å². The fraction of sp³-hybridized carbons (Fsp3) is 0.214. The molecule has 4 aromatic rings. The van der Waals surface area contributed by atoms with Crippen molar-refractivity contribution in [3.8, 4) is 0 Å². The van der Waals surface area contributed by atoms with Gasteiger partial charge >= 0.3 is 5.97 Å². The van der Waals surface area contributed by atoms with Crippen LogP contribution < -0.4 is 5.32 Å². The molecule has 1 saturated heterocycles. The third-order valence-electron chi connectivity index (χ3n) is 7.37. The minimum Gasteiger partial charge on any atom is -0.464 e. The first-order chi connectivity index (χ1) is 17.4. The summed E-state index contributed by atoms with van der Waals surface area (Å²) in [4.78, 5) is 31.4. The molecule has 3 aromatic carbocycles. The van der Waals surface area contributed by atoms with Crippen LogP contribution in [-0.2, 0) is 21.4 Å². The summed E-state index contributed by atoms with van der Waals surface area (Å²) in [6, 6.07) is 18.6. The number of methoxy groups -OCH3 is 1. The van der Waals surface area contributed by atoms with Crippen LogP contribution in [0.2, 0.25) is 0 Å². The number of H-pyrrole nitrogens is 1. The Labute approximate surface area is 205 Å². The number of esters is 1. The Hall–Kier alpha value is -4.20. The standard InChI is InChI=1S/C28H23F2N3O3/c1-36-26(35)25-24(19-6-2-4-8-21(19)31-25)28-10-11-33(27(28)32-22-9-5-3-7-20(22)28)23(34)14-16-12-17(29)15-18(30)13-16/h2-9,12-13,15,27,31-32H,10-11,14H2,1H3/t27-,28-/m1/s1. The van der Waals surface area contributed by atoms with Crippen LogP contribution in [-0.4, -0.2) is 41.6 Å². The van der Waals surface area contributed by atoms with Crippen molar-refractivity contribution < 1.29 is 23.1 Å². The molecule has 0 aliphatic carbocycles. The number of nitrogens with one attached hydrogen (secondary N) is 2. The minimum atomic E-state index is -0.734. The van der Waals surface area contributed by atoms with Crippen molar-refractivity contribution in [2.75, 3.05) is 19.0 Å². The number of amides is 1.